The predicted molar refractivity (Wildman–Crippen MR) is 81.4 cm³/mol. The van der Waals surface area contributed by atoms with Crippen LogP contribution in [0.1, 0.15) is 32.3 Å². The van der Waals surface area contributed by atoms with Gasteiger partial charge in [0.05, 0.1) is 10.9 Å². The van der Waals surface area contributed by atoms with Crippen molar-refractivity contribution >= 4 is 15.9 Å². The number of nitrogens with zero attached hydrogens (tertiary/aromatic N) is 1. The van der Waals surface area contributed by atoms with Crippen LogP contribution >= 0.6 is 0 Å². The normalized spacial score (nSPS) is 17.0. The van der Waals surface area contributed by atoms with Crippen molar-refractivity contribution in [1.82, 2.24) is 9.62 Å². The van der Waals surface area contributed by atoms with Gasteiger partial charge in [0.2, 0.25) is 15.9 Å². The van der Waals surface area contributed by atoms with Crippen molar-refractivity contribution in [3.63, 3.8) is 0 Å². The standard InChI is InChI=1S/C15H22N2O3S/c1-3-13-6-8-14(9-7-13)21(19,20)16-12(2)15(18)17-10-4-5-11-17/h6-9,12,16H,3-5,10-11H2,1-2H3/t12-/m1/s1. The number of sulfonamides is 1. The lowest BCUT2D eigenvalue weighted by molar-refractivity contribution is -0.131. The zero-order valence-corrected chi connectivity index (χ0v) is 13.3. The molecule has 1 aromatic carbocycles. The number of amides is 1. The minimum atomic E-state index is -3.66. The van der Waals surface area contributed by atoms with E-state index in [-0.39, 0.29) is 10.8 Å². The Morgan fingerprint density at radius 1 is 1.24 bits per heavy atom. The van der Waals surface area contributed by atoms with Crippen molar-refractivity contribution in [2.75, 3.05) is 13.1 Å². The van der Waals surface area contributed by atoms with Gasteiger partial charge in [-0.1, -0.05) is 19.1 Å². The van der Waals surface area contributed by atoms with Gasteiger partial charge in [0, 0.05) is 13.1 Å². The molecule has 0 aliphatic carbocycles. The van der Waals surface area contributed by atoms with Gasteiger partial charge in [-0.2, -0.15) is 4.72 Å². The molecular formula is C15H22N2O3S. The molecule has 1 aliphatic rings. The summed E-state index contributed by atoms with van der Waals surface area (Å²) in [6.45, 7) is 5.04. The molecule has 116 valence electrons. The van der Waals surface area contributed by atoms with Crippen LogP contribution in [0.15, 0.2) is 29.2 Å². The molecule has 1 heterocycles. The fraction of sp³-hybridized carbons (Fsp3) is 0.533. The molecule has 1 N–H and O–H groups in total. The molecule has 1 saturated heterocycles. The maximum atomic E-state index is 12.3. The van der Waals surface area contributed by atoms with Gasteiger partial charge in [0.15, 0.2) is 0 Å². The van der Waals surface area contributed by atoms with Crippen molar-refractivity contribution in [3.05, 3.63) is 29.8 Å². The summed E-state index contributed by atoms with van der Waals surface area (Å²) in [6, 6.07) is 6.00. The lowest BCUT2D eigenvalue weighted by atomic mass is 10.2. The van der Waals surface area contributed by atoms with E-state index in [0.29, 0.717) is 0 Å². The molecular weight excluding hydrogens is 288 g/mol. The molecule has 1 aliphatic heterocycles. The van der Waals surface area contributed by atoms with Crippen molar-refractivity contribution in [1.29, 1.82) is 0 Å². The number of aryl methyl sites for hydroxylation is 1. The molecule has 0 bridgehead atoms. The maximum absolute atomic E-state index is 12.3. The number of rotatable bonds is 5. The van der Waals surface area contributed by atoms with Gasteiger partial charge in [-0.25, -0.2) is 8.42 Å². The van der Waals surface area contributed by atoms with E-state index in [2.05, 4.69) is 4.72 Å². The molecule has 0 spiro atoms. The molecule has 0 aromatic heterocycles. The molecule has 1 fully saturated rings. The highest BCUT2D eigenvalue weighted by molar-refractivity contribution is 7.89. The van der Waals surface area contributed by atoms with Crippen LogP contribution in [0.5, 0.6) is 0 Å². The lowest BCUT2D eigenvalue weighted by Gasteiger charge is -2.21. The summed E-state index contributed by atoms with van der Waals surface area (Å²) in [6.07, 6.45) is 2.84. The molecule has 0 saturated carbocycles. The monoisotopic (exact) mass is 310 g/mol. The van der Waals surface area contributed by atoms with E-state index in [4.69, 9.17) is 0 Å². The number of hydrogen-bond donors (Lipinski definition) is 1. The second-order valence-electron chi connectivity index (χ2n) is 5.37. The molecule has 6 heteroatoms. The molecule has 1 amide bonds. The quantitative estimate of drug-likeness (QED) is 0.897. The first-order chi connectivity index (χ1) is 9.94. The van der Waals surface area contributed by atoms with Gasteiger partial charge in [-0.3, -0.25) is 4.79 Å². The zero-order valence-electron chi connectivity index (χ0n) is 12.5. The smallest absolute Gasteiger partial charge is 0.241 e. The SMILES string of the molecule is CCc1ccc(S(=O)(=O)N[C@H](C)C(=O)N2CCCC2)cc1. The summed E-state index contributed by atoms with van der Waals surface area (Å²) < 4.78 is 27.0. The highest BCUT2D eigenvalue weighted by Gasteiger charge is 2.27. The largest absolute Gasteiger partial charge is 0.341 e. The molecule has 1 aromatic rings. The van der Waals surface area contributed by atoms with E-state index in [1.54, 1.807) is 36.1 Å². The van der Waals surface area contributed by atoms with Crippen molar-refractivity contribution in [2.45, 2.75) is 44.0 Å². The predicted octanol–water partition coefficient (Wildman–Crippen LogP) is 1.54. The third-order valence-electron chi connectivity index (χ3n) is 3.76. The van der Waals surface area contributed by atoms with Crippen LogP contribution < -0.4 is 4.72 Å². The van der Waals surface area contributed by atoms with E-state index < -0.39 is 16.1 Å². The Labute approximate surface area is 126 Å². The van der Waals surface area contributed by atoms with Gasteiger partial charge in [-0.05, 0) is 43.9 Å². The van der Waals surface area contributed by atoms with Crippen LogP contribution in [0.25, 0.3) is 0 Å². The Morgan fingerprint density at radius 3 is 2.33 bits per heavy atom. The van der Waals surface area contributed by atoms with Crippen molar-refractivity contribution < 1.29 is 13.2 Å². The summed E-state index contributed by atoms with van der Waals surface area (Å²) in [5, 5.41) is 0. The molecule has 0 unspecified atom stereocenters. The van der Waals surface area contributed by atoms with Crippen LogP contribution in [-0.2, 0) is 21.2 Å². The van der Waals surface area contributed by atoms with Gasteiger partial charge in [0.1, 0.15) is 0 Å². The van der Waals surface area contributed by atoms with Crippen molar-refractivity contribution in [2.24, 2.45) is 0 Å². The number of hydrogen-bond acceptors (Lipinski definition) is 3. The molecule has 2 rings (SSSR count). The van der Waals surface area contributed by atoms with E-state index >= 15 is 0 Å². The summed E-state index contributed by atoms with van der Waals surface area (Å²) in [4.78, 5) is 14.1. The topological polar surface area (TPSA) is 66.5 Å². The van der Waals surface area contributed by atoms with Gasteiger partial charge >= 0.3 is 0 Å². The first kappa shape index (κ1) is 16.0. The fourth-order valence-corrected chi connectivity index (χ4v) is 3.66. The minimum absolute atomic E-state index is 0.152. The number of nitrogens with one attached hydrogen (secondary N) is 1. The summed E-state index contributed by atoms with van der Waals surface area (Å²) in [5.74, 6) is -0.152. The van der Waals surface area contributed by atoms with Crippen LogP contribution in [0.4, 0.5) is 0 Å². The fourth-order valence-electron chi connectivity index (χ4n) is 2.47. The number of carbonyl (C=O) groups is 1. The summed E-state index contributed by atoms with van der Waals surface area (Å²) in [7, 11) is -3.66. The van der Waals surface area contributed by atoms with Crippen LogP contribution in [0, 0.1) is 0 Å². The second kappa shape index (κ2) is 6.58. The second-order valence-corrected chi connectivity index (χ2v) is 7.09. The van der Waals surface area contributed by atoms with E-state index in [1.807, 2.05) is 6.92 Å². The maximum Gasteiger partial charge on any atom is 0.241 e. The molecule has 21 heavy (non-hydrogen) atoms. The highest BCUT2D eigenvalue weighted by atomic mass is 32.2. The average Bonchev–Trinajstić information content (AvgIpc) is 3.00. The third kappa shape index (κ3) is 3.83. The Hall–Kier alpha value is -1.40. The Morgan fingerprint density at radius 2 is 1.81 bits per heavy atom. The Balaban J connectivity index is 2.06. The highest BCUT2D eigenvalue weighted by Crippen LogP contribution is 2.13. The summed E-state index contributed by atoms with van der Waals surface area (Å²) >= 11 is 0. The van der Waals surface area contributed by atoms with Crippen LogP contribution in [0.3, 0.4) is 0 Å². The molecule has 1 atom stereocenters. The number of likely N-dealkylation sites (tertiary alicyclic amines) is 1. The van der Waals surface area contributed by atoms with E-state index in [1.165, 1.54) is 0 Å². The first-order valence-electron chi connectivity index (χ1n) is 7.34. The first-order valence-corrected chi connectivity index (χ1v) is 8.82. The van der Waals surface area contributed by atoms with Gasteiger partial charge in [0.25, 0.3) is 0 Å². The number of benzene rings is 1. The molecule has 0 radical (unpaired) electrons. The van der Waals surface area contributed by atoms with Crippen LogP contribution in [0.2, 0.25) is 0 Å². The Bertz CT molecular complexity index is 590. The summed E-state index contributed by atoms with van der Waals surface area (Å²) in [5.41, 5.74) is 1.08. The van der Waals surface area contributed by atoms with E-state index in [9.17, 15) is 13.2 Å². The molecule has 5 nitrogen and oxygen atoms in total. The van der Waals surface area contributed by atoms with Crippen molar-refractivity contribution in [3.8, 4) is 0 Å². The van der Waals surface area contributed by atoms with Gasteiger partial charge < -0.3 is 4.90 Å². The minimum Gasteiger partial charge on any atom is -0.341 e. The average molecular weight is 310 g/mol. The van der Waals surface area contributed by atoms with Gasteiger partial charge in [-0.15, -0.1) is 0 Å². The van der Waals surface area contributed by atoms with E-state index in [0.717, 1.165) is 37.9 Å². The van der Waals surface area contributed by atoms with Crippen LogP contribution in [-0.4, -0.2) is 38.4 Å². The lowest BCUT2D eigenvalue weighted by Crippen LogP contribution is -2.45. The Kier molecular flexibility index (Phi) is 5.00. The number of carbonyl (C=O) groups excluding carboxylic acids is 1. The third-order valence-corrected chi connectivity index (χ3v) is 5.32. The zero-order chi connectivity index (χ0) is 15.5.